The third-order valence-corrected chi connectivity index (χ3v) is 8.01. The maximum atomic E-state index is 13.0. The minimum Gasteiger partial charge on any atom is -0.463 e. The topological polar surface area (TPSA) is 264 Å². The first-order chi connectivity index (χ1) is 27.2. The molecule has 1 aliphatic rings. The summed E-state index contributed by atoms with van der Waals surface area (Å²) in [4.78, 5) is 117. The van der Waals surface area contributed by atoms with E-state index in [9.17, 15) is 43.2 Å². The molecular formula is C37H46N2O19. The maximum absolute atomic E-state index is 13.0. The second-order valence-electron chi connectivity index (χ2n) is 12.9. The van der Waals surface area contributed by atoms with E-state index < -0.39 is 128 Å². The molecule has 0 radical (unpaired) electrons. The first-order valence-corrected chi connectivity index (χ1v) is 17.8. The molecule has 1 aromatic heterocycles. The number of esters is 8. The summed E-state index contributed by atoms with van der Waals surface area (Å²) < 4.78 is 57.5. The summed E-state index contributed by atoms with van der Waals surface area (Å²) in [6.45, 7) is 7.92. The Balaban J connectivity index is 2.35. The molecule has 0 aliphatic carbocycles. The molecule has 0 spiro atoms. The number of hydrogen-bond acceptors (Lipinski definition) is 20. The Labute approximate surface area is 331 Å². The van der Waals surface area contributed by atoms with Gasteiger partial charge >= 0.3 is 47.8 Å². The van der Waals surface area contributed by atoms with Crippen molar-refractivity contribution in [2.45, 2.75) is 124 Å². The molecule has 1 aliphatic heterocycles. The smallest absolute Gasteiger partial charge is 0.303 e. The quantitative estimate of drug-likeness (QED) is 0.159. The monoisotopic (exact) mass is 822 g/mol. The van der Waals surface area contributed by atoms with Crippen molar-refractivity contribution in [3.63, 3.8) is 0 Å². The summed E-state index contributed by atoms with van der Waals surface area (Å²) in [6.07, 6.45) is -16.4. The molecule has 21 heteroatoms. The fourth-order valence-electron chi connectivity index (χ4n) is 6.17. The molecule has 58 heavy (non-hydrogen) atoms. The van der Waals surface area contributed by atoms with Crippen molar-refractivity contribution in [2.24, 2.45) is 0 Å². The first kappa shape index (κ1) is 46.4. The Morgan fingerprint density at radius 2 is 1.16 bits per heavy atom. The number of imidazole rings is 1. The zero-order chi connectivity index (χ0) is 43.4. The lowest BCUT2D eigenvalue weighted by molar-refractivity contribution is -0.331. The molecule has 9 atom stereocenters. The van der Waals surface area contributed by atoms with Gasteiger partial charge in [0, 0.05) is 68.7 Å². The van der Waals surface area contributed by atoms with Gasteiger partial charge in [-0.05, 0) is 12.1 Å². The van der Waals surface area contributed by atoms with Crippen LogP contribution in [-0.2, 0) is 92.1 Å². The number of para-hydroxylation sites is 2. The predicted molar refractivity (Wildman–Crippen MR) is 190 cm³/mol. The molecule has 2 heterocycles. The second kappa shape index (κ2) is 21.0. The van der Waals surface area contributed by atoms with Crippen molar-refractivity contribution in [1.82, 2.24) is 9.55 Å². The van der Waals surface area contributed by atoms with Crippen molar-refractivity contribution in [1.29, 1.82) is 0 Å². The summed E-state index contributed by atoms with van der Waals surface area (Å²) in [5, 5.41) is 0. The van der Waals surface area contributed by atoms with Gasteiger partial charge in [0.1, 0.15) is 37.4 Å². The largest absolute Gasteiger partial charge is 0.463 e. The van der Waals surface area contributed by atoms with Crippen LogP contribution in [0.4, 0.5) is 0 Å². The van der Waals surface area contributed by atoms with E-state index in [1.807, 2.05) is 0 Å². The third kappa shape index (κ3) is 13.3. The molecule has 0 N–H and O–H groups in total. The van der Waals surface area contributed by atoms with E-state index >= 15 is 0 Å². The van der Waals surface area contributed by atoms with Gasteiger partial charge in [0.25, 0.3) is 0 Å². The van der Waals surface area contributed by atoms with Crippen molar-refractivity contribution < 1.29 is 90.5 Å². The van der Waals surface area contributed by atoms with Gasteiger partial charge in [0.05, 0.1) is 11.0 Å². The van der Waals surface area contributed by atoms with Crippen LogP contribution in [0.1, 0.15) is 72.9 Å². The van der Waals surface area contributed by atoms with Gasteiger partial charge in [-0.1, -0.05) is 12.1 Å². The maximum Gasteiger partial charge on any atom is 0.303 e. The van der Waals surface area contributed by atoms with Gasteiger partial charge in [0.2, 0.25) is 5.91 Å². The van der Waals surface area contributed by atoms with Gasteiger partial charge < -0.3 is 47.4 Å². The van der Waals surface area contributed by atoms with Crippen LogP contribution in [0.5, 0.6) is 0 Å². The van der Waals surface area contributed by atoms with Crippen LogP contribution in [0.15, 0.2) is 24.3 Å². The van der Waals surface area contributed by atoms with Crippen molar-refractivity contribution >= 4 is 64.7 Å². The normalized spacial score (nSPS) is 20.9. The summed E-state index contributed by atoms with van der Waals surface area (Å²) in [7, 11) is 0. The van der Waals surface area contributed by atoms with Gasteiger partial charge in [0.15, 0.2) is 36.8 Å². The van der Waals surface area contributed by atoms with E-state index in [1.165, 1.54) is 11.5 Å². The van der Waals surface area contributed by atoms with Crippen molar-refractivity contribution in [3.05, 3.63) is 30.1 Å². The highest BCUT2D eigenvalue weighted by Crippen LogP contribution is 2.33. The summed E-state index contributed by atoms with van der Waals surface area (Å²) in [5.41, 5.74) is 0.754. The van der Waals surface area contributed by atoms with Crippen molar-refractivity contribution in [3.8, 4) is 0 Å². The number of aromatic nitrogens is 2. The van der Waals surface area contributed by atoms with Crippen LogP contribution in [0, 0.1) is 0 Å². The van der Waals surface area contributed by atoms with E-state index in [4.69, 9.17) is 47.4 Å². The van der Waals surface area contributed by atoms with Gasteiger partial charge in [-0.3, -0.25) is 47.7 Å². The molecule has 0 amide bonds. The lowest BCUT2D eigenvalue weighted by Crippen LogP contribution is -2.65. The van der Waals surface area contributed by atoms with Crippen molar-refractivity contribution in [2.75, 3.05) is 13.2 Å². The molecule has 2 aromatic rings. The Morgan fingerprint density at radius 1 is 0.621 bits per heavy atom. The van der Waals surface area contributed by atoms with E-state index in [0.717, 1.165) is 55.4 Å². The minimum absolute atomic E-state index is 0.0205. The third-order valence-electron chi connectivity index (χ3n) is 8.01. The standard InChI is InChI=1S/C37H46N2O19/c1-17(40)39-27-13-11-10-12-26(27)38-31(39)14-28(51-20(4)43)32(53-22(6)45)33(29(52-21(5)44)15-49-18(2)41)58-37-36(56-25(9)48)35(55-24(8)47)34(54-23(7)46)30(57-37)16-50-19(3)42/h10-13,28-30,32-37H,14-16H2,1-9H3/t28-,29+,30+,32+,33+,34+,35-,36+,37+/m0/s1. The zero-order valence-corrected chi connectivity index (χ0v) is 33.3. The highest BCUT2D eigenvalue weighted by atomic mass is 16.8. The molecule has 1 aromatic carbocycles. The molecule has 3 rings (SSSR count). The average Bonchev–Trinajstić information content (AvgIpc) is 3.46. The first-order valence-electron chi connectivity index (χ1n) is 17.8. The second-order valence-corrected chi connectivity index (χ2v) is 12.9. The lowest BCUT2D eigenvalue weighted by atomic mass is 9.96. The number of rotatable bonds is 17. The van der Waals surface area contributed by atoms with E-state index in [1.54, 1.807) is 24.3 Å². The molecule has 318 valence electrons. The van der Waals surface area contributed by atoms with E-state index in [-0.39, 0.29) is 5.82 Å². The number of hydrogen-bond donors (Lipinski definition) is 0. The molecule has 21 nitrogen and oxygen atoms in total. The Kier molecular flexibility index (Phi) is 16.8. The van der Waals surface area contributed by atoms with Crippen LogP contribution >= 0.6 is 0 Å². The molecule has 0 bridgehead atoms. The molecule has 0 saturated carbocycles. The average molecular weight is 823 g/mol. The summed E-state index contributed by atoms with van der Waals surface area (Å²) in [6, 6.07) is 6.57. The van der Waals surface area contributed by atoms with E-state index in [2.05, 4.69) is 4.98 Å². The Hall–Kier alpha value is -5.96. The predicted octanol–water partition coefficient (Wildman–Crippen LogP) is 1.07. The zero-order valence-electron chi connectivity index (χ0n) is 33.3. The van der Waals surface area contributed by atoms with Crippen LogP contribution in [0.3, 0.4) is 0 Å². The Morgan fingerprint density at radius 3 is 1.69 bits per heavy atom. The fourth-order valence-corrected chi connectivity index (χ4v) is 6.17. The Bertz CT molecular complexity index is 1870. The van der Waals surface area contributed by atoms with Crippen LogP contribution in [0.2, 0.25) is 0 Å². The van der Waals surface area contributed by atoms with Crippen LogP contribution in [0.25, 0.3) is 11.0 Å². The fraction of sp³-hybridized carbons (Fsp3) is 0.568. The summed E-state index contributed by atoms with van der Waals surface area (Å²) in [5.74, 6) is -7.92. The highest BCUT2D eigenvalue weighted by molar-refractivity contribution is 5.90. The molecule has 1 saturated heterocycles. The molecule has 1 fully saturated rings. The van der Waals surface area contributed by atoms with Crippen LogP contribution < -0.4 is 0 Å². The van der Waals surface area contributed by atoms with Crippen LogP contribution in [-0.4, -0.2) is 132 Å². The minimum atomic E-state index is -1.99. The SMILES string of the molecule is CC(=O)OC[C@H]1O[C@H](O[C@@H]([C@H](OC(C)=O)[C@H](Cc2nc3ccccc3n2C(C)=O)OC(C)=O)[C@@H](COC(C)=O)OC(C)=O)[C@H](OC(C)=O)[C@@H](OC(C)=O)[C@@H]1OC(C)=O. The molecule has 0 unspecified atom stereocenters. The number of carbonyl (C=O) groups is 9. The van der Waals surface area contributed by atoms with E-state index in [0.29, 0.717) is 11.0 Å². The highest BCUT2D eigenvalue weighted by Gasteiger charge is 2.55. The van der Waals surface area contributed by atoms with Gasteiger partial charge in [-0.2, -0.15) is 0 Å². The molecular weight excluding hydrogens is 776 g/mol. The number of nitrogens with zero attached hydrogens (tertiary/aromatic N) is 2. The summed E-state index contributed by atoms with van der Waals surface area (Å²) >= 11 is 0. The lowest BCUT2D eigenvalue weighted by Gasteiger charge is -2.46. The van der Waals surface area contributed by atoms with Gasteiger partial charge in [-0.15, -0.1) is 0 Å². The number of ether oxygens (including phenoxy) is 10. The van der Waals surface area contributed by atoms with Gasteiger partial charge in [-0.25, -0.2) is 4.98 Å². The number of benzene rings is 1. The number of carbonyl (C=O) groups excluding carboxylic acids is 9. The number of fused-ring (bicyclic) bond motifs is 1.